The molecule has 0 amide bonds. The quantitative estimate of drug-likeness (QED) is 0.172. The molecule has 0 unspecified atom stereocenters. The van der Waals surface area contributed by atoms with E-state index in [2.05, 4.69) is 203 Å². The number of aromatic nitrogens is 4. The highest BCUT2D eigenvalue weighted by Gasteiger charge is 2.20. The highest BCUT2D eigenvalue weighted by atomic mass is 15.0. The minimum atomic E-state index is 0.698. The Morgan fingerprint density at radius 2 is 0.732 bits per heavy atom. The Labute approximate surface area is 324 Å². The Morgan fingerprint density at radius 3 is 1.32 bits per heavy atom. The Bertz CT molecular complexity index is 3220. The molecule has 0 aliphatic heterocycles. The van der Waals surface area contributed by atoms with Crippen molar-refractivity contribution in [1.29, 1.82) is 0 Å². The van der Waals surface area contributed by atoms with Gasteiger partial charge >= 0.3 is 0 Å². The van der Waals surface area contributed by atoms with Gasteiger partial charge in [0, 0.05) is 49.6 Å². The number of fused-ring (bicyclic) bond motifs is 7. The van der Waals surface area contributed by atoms with Gasteiger partial charge in [0.05, 0.1) is 33.5 Å². The maximum atomic E-state index is 5.20. The topological polar surface area (TPSA) is 35.6 Å². The van der Waals surface area contributed by atoms with Gasteiger partial charge in [0.25, 0.3) is 0 Å². The van der Waals surface area contributed by atoms with Gasteiger partial charge in [-0.2, -0.15) is 0 Å². The molecule has 11 aromatic rings. The van der Waals surface area contributed by atoms with Crippen molar-refractivity contribution >= 4 is 43.6 Å². The molecule has 0 aliphatic carbocycles. The zero-order valence-electron chi connectivity index (χ0n) is 30.4. The fourth-order valence-electron chi connectivity index (χ4n) is 8.38. The highest BCUT2D eigenvalue weighted by Crippen LogP contribution is 2.42. The lowest BCUT2D eigenvalue weighted by Crippen LogP contribution is -1.97. The van der Waals surface area contributed by atoms with E-state index in [1.807, 2.05) is 12.1 Å². The van der Waals surface area contributed by atoms with E-state index in [0.717, 1.165) is 50.6 Å². The molecule has 11 rings (SSSR count). The van der Waals surface area contributed by atoms with E-state index >= 15 is 0 Å². The molecule has 0 bridgehead atoms. The van der Waals surface area contributed by atoms with Crippen LogP contribution in [0.5, 0.6) is 0 Å². The van der Waals surface area contributed by atoms with Crippen molar-refractivity contribution in [2.45, 2.75) is 0 Å². The number of nitrogens with zero attached hydrogens (tertiary/aromatic N) is 4. The largest absolute Gasteiger partial charge is 0.309 e. The van der Waals surface area contributed by atoms with E-state index in [-0.39, 0.29) is 0 Å². The molecule has 0 atom stereocenters. The van der Waals surface area contributed by atoms with Crippen LogP contribution in [0.1, 0.15) is 0 Å². The zero-order chi connectivity index (χ0) is 37.0. The summed E-state index contributed by atoms with van der Waals surface area (Å²) < 4.78 is 4.79. The van der Waals surface area contributed by atoms with Crippen LogP contribution < -0.4 is 0 Å². The molecule has 0 spiro atoms. The average molecular weight is 715 g/mol. The van der Waals surface area contributed by atoms with Gasteiger partial charge in [0.1, 0.15) is 0 Å². The van der Waals surface area contributed by atoms with Crippen LogP contribution in [0.3, 0.4) is 0 Å². The van der Waals surface area contributed by atoms with Crippen molar-refractivity contribution < 1.29 is 0 Å². The summed E-state index contributed by atoms with van der Waals surface area (Å²) in [5, 5.41) is 5.02. The van der Waals surface area contributed by atoms with Gasteiger partial charge in [-0.1, -0.05) is 146 Å². The molecule has 0 fully saturated rings. The van der Waals surface area contributed by atoms with Crippen molar-refractivity contribution in [3.63, 3.8) is 0 Å². The van der Waals surface area contributed by atoms with Crippen molar-refractivity contribution in [3.8, 4) is 56.4 Å². The second-order valence-electron chi connectivity index (χ2n) is 14.2. The maximum absolute atomic E-state index is 5.20. The predicted octanol–water partition coefficient (Wildman–Crippen LogP) is 13.3. The normalized spacial score (nSPS) is 11.6. The van der Waals surface area contributed by atoms with Crippen LogP contribution in [0.2, 0.25) is 0 Å². The second-order valence-corrected chi connectivity index (χ2v) is 14.2. The summed E-state index contributed by atoms with van der Waals surface area (Å²) in [6.07, 6.45) is 0. The molecule has 0 N–H and O–H groups in total. The van der Waals surface area contributed by atoms with Crippen molar-refractivity contribution in [2.75, 3.05) is 0 Å². The first kappa shape index (κ1) is 31.9. The molecule has 0 aliphatic rings. The highest BCUT2D eigenvalue weighted by molar-refractivity contribution is 6.28. The fraction of sp³-hybridized carbons (Fsp3) is 0. The third-order valence-corrected chi connectivity index (χ3v) is 10.9. The van der Waals surface area contributed by atoms with E-state index in [4.69, 9.17) is 9.97 Å². The van der Waals surface area contributed by atoms with Crippen LogP contribution in [0.4, 0.5) is 0 Å². The first-order valence-corrected chi connectivity index (χ1v) is 19.0. The summed E-state index contributed by atoms with van der Waals surface area (Å²) in [7, 11) is 0. The van der Waals surface area contributed by atoms with Gasteiger partial charge in [-0.15, -0.1) is 0 Å². The van der Waals surface area contributed by atoms with Gasteiger partial charge in [-0.3, -0.25) is 0 Å². The second kappa shape index (κ2) is 13.1. The molecular weight excluding hydrogens is 681 g/mol. The van der Waals surface area contributed by atoms with E-state index in [9.17, 15) is 0 Å². The standard InChI is InChI=1S/C52H34N4/c1-4-15-35(16-5-1)38-19-14-20-39(33-38)52-53-44(36-17-6-2-7-18-36)34-45(54-52)37-27-29-41(30-28-37)56-47-26-13-11-24-43(47)51-49(56)32-31-48-50(51)42-23-10-12-25-46(42)55(48)40-21-8-3-9-22-40/h1-34H. The zero-order valence-corrected chi connectivity index (χ0v) is 30.4. The van der Waals surface area contributed by atoms with Gasteiger partial charge < -0.3 is 9.13 Å². The van der Waals surface area contributed by atoms with Gasteiger partial charge in [-0.05, 0) is 71.8 Å². The first-order chi connectivity index (χ1) is 27.8. The molecule has 0 saturated carbocycles. The molecule has 8 aromatic carbocycles. The summed E-state index contributed by atoms with van der Waals surface area (Å²) in [6, 6.07) is 73.0. The molecule has 4 heteroatoms. The molecule has 3 heterocycles. The number of para-hydroxylation sites is 3. The lowest BCUT2D eigenvalue weighted by molar-refractivity contribution is 1.17. The van der Waals surface area contributed by atoms with Crippen LogP contribution in [0, 0.1) is 0 Å². The SMILES string of the molecule is c1ccc(-c2cccc(-c3nc(-c4ccccc4)cc(-c4ccc(-n5c6ccccc6c6c7c8ccccc8n(-c8ccccc8)c7ccc65)cc4)n3)c2)cc1. The third kappa shape index (κ3) is 5.23. The van der Waals surface area contributed by atoms with Crippen molar-refractivity contribution in [3.05, 3.63) is 206 Å². The van der Waals surface area contributed by atoms with Crippen LogP contribution in [-0.4, -0.2) is 19.1 Å². The van der Waals surface area contributed by atoms with E-state index in [1.54, 1.807) is 0 Å². The van der Waals surface area contributed by atoms with Crippen molar-refractivity contribution in [2.24, 2.45) is 0 Å². The summed E-state index contributed by atoms with van der Waals surface area (Å²) >= 11 is 0. The van der Waals surface area contributed by atoms with Gasteiger partial charge in [0.2, 0.25) is 0 Å². The number of rotatable bonds is 6. The smallest absolute Gasteiger partial charge is 0.160 e. The average Bonchev–Trinajstić information content (AvgIpc) is 3.80. The van der Waals surface area contributed by atoms with E-state index in [0.29, 0.717) is 5.82 Å². The summed E-state index contributed by atoms with van der Waals surface area (Å²) in [6.45, 7) is 0. The van der Waals surface area contributed by atoms with Gasteiger partial charge in [-0.25, -0.2) is 9.97 Å². The Kier molecular flexibility index (Phi) is 7.46. The lowest BCUT2D eigenvalue weighted by atomic mass is 10.0. The molecule has 56 heavy (non-hydrogen) atoms. The van der Waals surface area contributed by atoms with Crippen LogP contribution in [0.15, 0.2) is 206 Å². The van der Waals surface area contributed by atoms with Gasteiger partial charge in [0.15, 0.2) is 5.82 Å². The summed E-state index contributed by atoms with van der Waals surface area (Å²) in [4.78, 5) is 10.3. The molecule has 4 nitrogen and oxygen atoms in total. The Morgan fingerprint density at radius 1 is 0.286 bits per heavy atom. The lowest BCUT2D eigenvalue weighted by Gasteiger charge is -2.12. The Balaban J connectivity index is 1.07. The number of benzene rings is 8. The van der Waals surface area contributed by atoms with E-state index in [1.165, 1.54) is 43.6 Å². The van der Waals surface area contributed by atoms with Crippen LogP contribution >= 0.6 is 0 Å². The summed E-state index contributed by atoms with van der Waals surface area (Å²) in [5.41, 5.74) is 14.1. The van der Waals surface area contributed by atoms with E-state index < -0.39 is 0 Å². The number of hydrogen-bond donors (Lipinski definition) is 0. The molecule has 262 valence electrons. The van der Waals surface area contributed by atoms with Crippen LogP contribution in [-0.2, 0) is 0 Å². The monoisotopic (exact) mass is 714 g/mol. The minimum Gasteiger partial charge on any atom is -0.309 e. The molecular formula is C52H34N4. The molecule has 3 aromatic heterocycles. The van der Waals surface area contributed by atoms with Crippen LogP contribution in [0.25, 0.3) is 100 Å². The first-order valence-electron chi connectivity index (χ1n) is 19.0. The number of hydrogen-bond acceptors (Lipinski definition) is 2. The Hall–Kier alpha value is -7.56. The minimum absolute atomic E-state index is 0.698. The van der Waals surface area contributed by atoms with Crippen molar-refractivity contribution in [1.82, 2.24) is 19.1 Å². The molecule has 0 radical (unpaired) electrons. The maximum Gasteiger partial charge on any atom is 0.160 e. The summed E-state index contributed by atoms with van der Waals surface area (Å²) in [5.74, 6) is 0.698. The predicted molar refractivity (Wildman–Crippen MR) is 232 cm³/mol. The third-order valence-electron chi connectivity index (χ3n) is 10.9. The fourth-order valence-corrected chi connectivity index (χ4v) is 8.38. The molecule has 0 saturated heterocycles.